The highest BCUT2D eigenvalue weighted by Gasteiger charge is 2.62. The third-order valence-corrected chi connectivity index (χ3v) is 9.25. The topological polar surface area (TPSA) is 51.1 Å². The number of carbonyl (C=O) groups is 1. The van der Waals surface area contributed by atoms with E-state index in [9.17, 15) is 13.6 Å². The second-order valence-electron chi connectivity index (χ2n) is 12.0. The van der Waals surface area contributed by atoms with Crippen LogP contribution < -0.4 is 9.64 Å². The smallest absolute Gasteiger partial charge is 0.270 e. The first-order valence-corrected chi connectivity index (χ1v) is 14.6. The maximum Gasteiger partial charge on any atom is 0.270 e. The predicted octanol–water partition coefficient (Wildman–Crippen LogP) is 6.96. The van der Waals surface area contributed by atoms with Crippen LogP contribution in [-0.4, -0.2) is 37.0 Å². The van der Waals surface area contributed by atoms with Gasteiger partial charge in [0, 0.05) is 48.4 Å². The zero-order valence-corrected chi connectivity index (χ0v) is 23.2. The molecule has 5 nitrogen and oxygen atoms in total. The molecule has 2 aromatic rings. The molecule has 41 heavy (non-hydrogen) atoms. The van der Waals surface area contributed by atoms with Gasteiger partial charge in [0.25, 0.3) is 11.8 Å². The van der Waals surface area contributed by atoms with Crippen molar-refractivity contribution in [3.8, 4) is 5.75 Å². The Kier molecular flexibility index (Phi) is 6.45. The van der Waals surface area contributed by atoms with E-state index in [2.05, 4.69) is 30.4 Å². The van der Waals surface area contributed by atoms with Crippen LogP contribution in [0.5, 0.6) is 5.75 Å². The van der Waals surface area contributed by atoms with Crippen molar-refractivity contribution in [3.05, 3.63) is 94.6 Å². The summed E-state index contributed by atoms with van der Waals surface area (Å²) in [6.45, 7) is 2.22. The number of anilines is 1. The highest BCUT2D eigenvalue weighted by Crippen LogP contribution is 2.60. The molecule has 5 aliphatic rings. The highest BCUT2D eigenvalue weighted by molar-refractivity contribution is 6.11. The first-order valence-electron chi connectivity index (χ1n) is 14.6. The minimum Gasteiger partial charge on any atom is -0.488 e. The SMILES string of the molecule is CC(F)(F)c1cc(O[C@@H]2CCOC2)cc(N2Cc3cccc(CCC4=CC5C6CC=CC=NC56CC=C4)c3C2=O)c1. The Bertz CT molecular complexity index is 1500. The lowest BCUT2D eigenvalue weighted by molar-refractivity contribution is 0.0170. The van der Waals surface area contributed by atoms with E-state index in [1.54, 1.807) is 11.0 Å². The summed E-state index contributed by atoms with van der Waals surface area (Å²) in [6, 6.07) is 10.4. The Morgan fingerprint density at radius 2 is 2.10 bits per heavy atom. The zero-order chi connectivity index (χ0) is 28.2. The Hall–Kier alpha value is -3.58. The fourth-order valence-corrected chi connectivity index (χ4v) is 6.98. The molecule has 212 valence electrons. The maximum atomic E-state index is 14.5. The molecule has 1 saturated carbocycles. The van der Waals surface area contributed by atoms with Crippen molar-refractivity contribution in [2.75, 3.05) is 18.1 Å². The van der Waals surface area contributed by atoms with Crippen molar-refractivity contribution in [2.24, 2.45) is 16.8 Å². The van der Waals surface area contributed by atoms with Crippen molar-refractivity contribution in [3.63, 3.8) is 0 Å². The van der Waals surface area contributed by atoms with Gasteiger partial charge >= 0.3 is 0 Å². The standard InChI is InChI=1S/C34H34F2N2O3/c1-33(35,36)25-17-26(19-28(18-25)41-27-12-15-40-21-27)38-20-24-8-4-7-23(31(24)32(38)39)11-10-22-6-5-13-34-29(30(34)16-22)9-2-3-14-37-34/h2-8,14,16-19,27,29-30H,9-13,15,20-21H2,1H3/t27-,29?,30?,34?/m1/s1. The summed E-state index contributed by atoms with van der Waals surface area (Å²) in [4.78, 5) is 20.3. The Labute approximate surface area is 239 Å². The molecule has 0 bridgehead atoms. The third kappa shape index (κ3) is 4.84. The number of halogens is 2. The zero-order valence-electron chi connectivity index (χ0n) is 23.2. The van der Waals surface area contributed by atoms with Gasteiger partial charge in [-0.3, -0.25) is 9.79 Å². The van der Waals surface area contributed by atoms with E-state index in [-0.39, 0.29) is 23.1 Å². The first kappa shape index (κ1) is 26.3. The summed E-state index contributed by atoms with van der Waals surface area (Å²) in [5.41, 5.74) is 4.15. The van der Waals surface area contributed by atoms with Crippen LogP contribution in [0, 0.1) is 11.8 Å². The number of fused-ring (bicyclic) bond motifs is 2. The van der Waals surface area contributed by atoms with Crippen LogP contribution in [0.15, 0.2) is 77.3 Å². The molecular weight excluding hydrogens is 522 g/mol. The molecule has 2 fully saturated rings. The summed E-state index contributed by atoms with van der Waals surface area (Å²) in [7, 11) is 0. The van der Waals surface area contributed by atoms with Gasteiger partial charge in [0.05, 0.1) is 25.3 Å². The second-order valence-corrected chi connectivity index (χ2v) is 12.0. The summed E-state index contributed by atoms with van der Waals surface area (Å²) in [6.07, 6.45) is 17.2. The van der Waals surface area contributed by atoms with Crippen molar-refractivity contribution < 1.29 is 23.0 Å². The number of hydrogen-bond acceptors (Lipinski definition) is 4. The lowest BCUT2D eigenvalue weighted by Gasteiger charge is -2.22. The van der Waals surface area contributed by atoms with Crippen LogP contribution in [0.3, 0.4) is 0 Å². The molecule has 3 unspecified atom stereocenters. The number of aliphatic imine (C=N–C) groups is 1. The number of benzene rings is 2. The van der Waals surface area contributed by atoms with Crippen molar-refractivity contribution in [2.45, 2.75) is 63.1 Å². The van der Waals surface area contributed by atoms with Crippen molar-refractivity contribution in [1.82, 2.24) is 0 Å². The normalized spacial score (nSPS) is 28.1. The Morgan fingerprint density at radius 3 is 2.93 bits per heavy atom. The van der Waals surface area contributed by atoms with Gasteiger partial charge in [0.1, 0.15) is 11.9 Å². The number of carbonyl (C=O) groups excluding carboxylic acids is 1. The fourth-order valence-electron chi connectivity index (χ4n) is 6.98. The third-order valence-electron chi connectivity index (χ3n) is 9.25. The van der Waals surface area contributed by atoms with Gasteiger partial charge in [-0.2, -0.15) is 0 Å². The van der Waals surface area contributed by atoms with Crippen molar-refractivity contribution in [1.29, 1.82) is 0 Å². The van der Waals surface area contributed by atoms with E-state index < -0.39 is 5.92 Å². The molecule has 1 spiro atoms. The number of hydrogen-bond donors (Lipinski definition) is 0. The highest BCUT2D eigenvalue weighted by atomic mass is 19.3. The largest absolute Gasteiger partial charge is 0.488 e. The molecule has 2 aliphatic carbocycles. The average Bonchev–Trinajstić information content (AvgIpc) is 3.14. The van der Waals surface area contributed by atoms with E-state index in [4.69, 9.17) is 14.5 Å². The number of rotatable bonds is 7. The van der Waals surface area contributed by atoms with E-state index >= 15 is 0 Å². The Balaban J connectivity index is 1.12. The lowest BCUT2D eigenvalue weighted by Crippen LogP contribution is -2.24. The molecule has 7 heteroatoms. The molecule has 0 N–H and O–H groups in total. The first-order chi connectivity index (χ1) is 19.8. The van der Waals surface area contributed by atoms with Crippen LogP contribution in [0.1, 0.15) is 59.7 Å². The minimum atomic E-state index is -3.07. The van der Waals surface area contributed by atoms with Gasteiger partial charge in [0.15, 0.2) is 0 Å². The monoisotopic (exact) mass is 556 g/mol. The predicted molar refractivity (Wildman–Crippen MR) is 155 cm³/mol. The molecule has 0 radical (unpaired) electrons. The number of ether oxygens (including phenoxy) is 2. The van der Waals surface area contributed by atoms with Crippen LogP contribution >= 0.6 is 0 Å². The number of nitrogens with zero attached hydrogens (tertiary/aromatic N) is 2. The van der Waals surface area contributed by atoms with Gasteiger partial charge < -0.3 is 14.4 Å². The number of aryl methyl sites for hydroxylation is 1. The average molecular weight is 557 g/mol. The second kappa shape index (κ2) is 10.1. The molecule has 1 amide bonds. The number of amides is 1. The number of allylic oxidation sites excluding steroid dienone is 4. The van der Waals surface area contributed by atoms with E-state index in [0.29, 0.717) is 55.0 Å². The fraction of sp³-hybridized carbons (Fsp3) is 0.412. The van der Waals surface area contributed by atoms with Gasteiger partial charge in [-0.1, -0.05) is 48.1 Å². The summed E-state index contributed by atoms with van der Waals surface area (Å²) in [5.74, 6) is -1.87. The van der Waals surface area contributed by atoms with Gasteiger partial charge in [-0.15, -0.1) is 0 Å². The summed E-state index contributed by atoms with van der Waals surface area (Å²) in [5, 5.41) is 0. The maximum absolute atomic E-state index is 14.5. The van der Waals surface area contributed by atoms with E-state index in [1.165, 1.54) is 17.7 Å². The molecule has 4 atom stereocenters. The lowest BCUT2D eigenvalue weighted by atomic mass is 9.96. The van der Waals surface area contributed by atoms with Gasteiger partial charge in [-0.25, -0.2) is 8.78 Å². The van der Waals surface area contributed by atoms with Crippen LogP contribution in [0.2, 0.25) is 0 Å². The van der Waals surface area contributed by atoms with Crippen LogP contribution in [-0.2, 0) is 23.6 Å². The quantitative estimate of drug-likeness (QED) is 0.371. The van der Waals surface area contributed by atoms with E-state index in [1.807, 2.05) is 24.4 Å². The minimum absolute atomic E-state index is 0.0173. The van der Waals surface area contributed by atoms with E-state index in [0.717, 1.165) is 43.7 Å². The summed E-state index contributed by atoms with van der Waals surface area (Å²) < 4.78 is 40.4. The Morgan fingerprint density at radius 1 is 1.20 bits per heavy atom. The van der Waals surface area contributed by atoms with Gasteiger partial charge in [-0.05, 0) is 60.9 Å². The van der Waals surface area contributed by atoms with Gasteiger partial charge in [0.2, 0.25) is 0 Å². The number of alkyl halides is 2. The molecule has 1 saturated heterocycles. The molecular formula is C34H34F2N2O3. The molecule has 2 aromatic carbocycles. The van der Waals surface area contributed by atoms with Crippen LogP contribution in [0.4, 0.5) is 14.5 Å². The molecule has 7 rings (SSSR count). The molecule has 3 aliphatic heterocycles. The molecule has 3 heterocycles. The summed E-state index contributed by atoms with van der Waals surface area (Å²) >= 11 is 0. The van der Waals surface area contributed by atoms with Crippen molar-refractivity contribution >= 4 is 17.8 Å². The van der Waals surface area contributed by atoms with Crippen LogP contribution in [0.25, 0.3) is 0 Å². The molecule has 0 aromatic heterocycles.